The minimum absolute atomic E-state index is 0.00516. The molecule has 140 valence electrons. The maximum Gasteiger partial charge on any atom is 0.279 e. The van der Waals surface area contributed by atoms with E-state index in [-0.39, 0.29) is 11.6 Å². The Kier molecular flexibility index (Phi) is 6.15. The van der Waals surface area contributed by atoms with Crippen LogP contribution in [0.2, 0.25) is 0 Å². The molecule has 1 heterocycles. The van der Waals surface area contributed by atoms with Crippen molar-refractivity contribution in [3.05, 3.63) is 67.4 Å². The van der Waals surface area contributed by atoms with Crippen LogP contribution in [0.1, 0.15) is 17.3 Å². The predicted octanol–water partition coefficient (Wildman–Crippen LogP) is 4.15. The number of carbonyl (C=O) groups is 1. The Morgan fingerprint density at radius 3 is 2.85 bits per heavy atom. The summed E-state index contributed by atoms with van der Waals surface area (Å²) in [6.07, 6.45) is 0. The molecule has 7 nitrogen and oxygen atoms in total. The van der Waals surface area contributed by atoms with Crippen LogP contribution in [0.15, 0.2) is 51.9 Å². The van der Waals surface area contributed by atoms with Gasteiger partial charge in [0.05, 0.1) is 21.7 Å². The number of thiazole rings is 1. The Labute approximate surface area is 167 Å². The number of aromatic nitrogens is 1. The van der Waals surface area contributed by atoms with E-state index in [9.17, 15) is 14.9 Å². The standard InChI is InChI=1S/C18H16BrN3O4S/c1-2-26-9-8-21-15-7-6-14(22(24)25)11-16(15)27-18(21)20-17(23)12-4-3-5-13(19)10-12/h3-7,10-11H,2,8-9H2,1H3. The second-order valence-corrected chi connectivity index (χ2v) is 7.49. The number of rotatable bonds is 6. The van der Waals surface area contributed by atoms with E-state index >= 15 is 0 Å². The van der Waals surface area contributed by atoms with E-state index in [1.54, 1.807) is 24.3 Å². The Morgan fingerprint density at radius 2 is 2.15 bits per heavy atom. The molecule has 1 amide bonds. The van der Waals surface area contributed by atoms with E-state index in [0.29, 0.717) is 34.8 Å². The monoisotopic (exact) mass is 449 g/mol. The Balaban J connectivity index is 2.09. The Morgan fingerprint density at radius 1 is 1.33 bits per heavy atom. The van der Waals surface area contributed by atoms with E-state index < -0.39 is 4.92 Å². The van der Waals surface area contributed by atoms with Gasteiger partial charge in [-0.1, -0.05) is 33.3 Å². The van der Waals surface area contributed by atoms with Gasteiger partial charge in [0.15, 0.2) is 4.80 Å². The van der Waals surface area contributed by atoms with Gasteiger partial charge in [0.25, 0.3) is 11.6 Å². The second kappa shape index (κ2) is 8.55. The van der Waals surface area contributed by atoms with Gasteiger partial charge in [-0.15, -0.1) is 0 Å². The molecule has 0 aliphatic carbocycles. The van der Waals surface area contributed by atoms with Crippen LogP contribution in [0.25, 0.3) is 10.2 Å². The van der Waals surface area contributed by atoms with Crippen molar-refractivity contribution >= 4 is 49.1 Å². The number of nitro benzene ring substituents is 1. The van der Waals surface area contributed by atoms with Crippen molar-refractivity contribution in [3.63, 3.8) is 0 Å². The first-order chi connectivity index (χ1) is 13.0. The first-order valence-corrected chi connectivity index (χ1v) is 9.80. The van der Waals surface area contributed by atoms with Crippen molar-refractivity contribution in [2.75, 3.05) is 13.2 Å². The highest BCUT2D eigenvalue weighted by molar-refractivity contribution is 9.10. The van der Waals surface area contributed by atoms with Crippen LogP contribution < -0.4 is 4.80 Å². The molecule has 0 saturated heterocycles. The molecular formula is C18H16BrN3O4S. The molecular weight excluding hydrogens is 434 g/mol. The third kappa shape index (κ3) is 4.49. The third-order valence-electron chi connectivity index (χ3n) is 3.81. The number of hydrogen-bond donors (Lipinski definition) is 0. The van der Waals surface area contributed by atoms with E-state index in [1.165, 1.54) is 23.5 Å². The number of non-ortho nitro benzene ring substituents is 1. The molecule has 0 bridgehead atoms. The van der Waals surface area contributed by atoms with E-state index in [1.807, 2.05) is 17.6 Å². The van der Waals surface area contributed by atoms with Gasteiger partial charge in [0, 0.05) is 35.3 Å². The van der Waals surface area contributed by atoms with E-state index in [4.69, 9.17) is 4.74 Å². The smallest absolute Gasteiger partial charge is 0.279 e. The van der Waals surface area contributed by atoms with Gasteiger partial charge < -0.3 is 9.30 Å². The van der Waals surface area contributed by atoms with E-state index in [2.05, 4.69) is 20.9 Å². The molecule has 0 atom stereocenters. The predicted molar refractivity (Wildman–Crippen MR) is 107 cm³/mol. The van der Waals surface area contributed by atoms with Crippen LogP contribution in [0.5, 0.6) is 0 Å². The number of fused-ring (bicyclic) bond motifs is 1. The van der Waals surface area contributed by atoms with Gasteiger partial charge in [-0.25, -0.2) is 0 Å². The number of hydrogen-bond acceptors (Lipinski definition) is 5. The molecule has 0 saturated carbocycles. The highest BCUT2D eigenvalue weighted by Crippen LogP contribution is 2.23. The number of benzene rings is 2. The lowest BCUT2D eigenvalue weighted by Gasteiger charge is -2.05. The van der Waals surface area contributed by atoms with Gasteiger partial charge in [0.2, 0.25) is 0 Å². The molecule has 0 radical (unpaired) electrons. The van der Waals surface area contributed by atoms with Gasteiger partial charge >= 0.3 is 0 Å². The number of nitrogens with zero attached hydrogens (tertiary/aromatic N) is 3. The topological polar surface area (TPSA) is 86.7 Å². The molecule has 0 aliphatic heterocycles. The average molecular weight is 450 g/mol. The van der Waals surface area contributed by atoms with E-state index in [0.717, 1.165) is 9.99 Å². The first-order valence-electron chi connectivity index (χ1n) is 8.19. The van der Waals surface area contributed by atoms with Crippen LogP contribution in [-0.4, -0.2) is 28.6 Å². The maximum atomic E-state index is 12.6. The quantitative estimate of drug-likeness (QED) is 0.321. The third-order valence-corrected chi connectivity index (χ3v) is 5.34. The van der Waals surface area contributed by atoms with Gasteiger partial charge in [-0.2, -0.15) is 4.99 Å². The number of amides is 1. The van der Waals surface area contributed by atoms with Gasteiger partial charge in [-0.05, 0) is 31.2 Å². The van der Waals surface area contributed by atoms with Crippen molar-refractivity contribution in [2.24, 2.45) is 4.99 Å². The largest absolute Gasteiger partial charge is 0.380 e. The summed E-state index contributed by atoms with van der Waals surface area (Å²) in [4.78, 5) is 27.9. The molecule has 1 aromatic heterocycles. The number of halogens is 1. The van der Waals surface area contributed by atoms with Crippen molar-refractivity contribution in [3.8, 4) is 0 Å². The van der Waals surface area contributed by atoms with Crippen LogP contribution in [0, 0.1) is 10.1 Å². The van der Waals surface area contributed by atoms with Crippen LogP contribution in [0.3, 0.4) is 0 Å². The first kappa shape index (κ1) is 19.4. The zero-order valence-electron chi connectivity index (χ0n) is 14.4. The zero-order valence-corrected chi connectivity index (χ0v) is 16.8. The van der Waals surface area contributed by atoms with Crippen LogP contribution in [0.4, 0.5) is 5.69 Å². The molecule has 0 aliphatic rings. The SMILES string of the molecule is CCOCCn1c(=NC(=O)c2cccc(Br)c2)sc2cc([N+](=O)[O-])ccc21. The molecule has 0 N–H and O–H groups in total. The summed E-state index contributed by atoms with van der Waals surface area (Å²) in [7, 11) is 0. The molecule has 9 heteroatoms. The van der Waals surface area contributed by atoms with Crippen LogP contribution in [-0.2, 0) is 11.3 Å². The lowest BCUT2D eigenvalue weighted by molar-refractivity contribution is -0.384. The number of carbonyl (C=O) groups excluding carboxylic acids is 1. The normalized spacial score (nSPS) is 11.9. The Hall–Kier alpha value is -2.36. The number of nitro groups is 1. The van der Waals surface area contributed by atoms with Gasteiger partial charge in [0.1, 0.15) is 0 Å². The summed E-state index contributed by atoms with van der Waals surface area (Å²) in [6, 6.07) is 11.6. The molecule has 27 heavy (non-hydrogen) atoms. The summed E-state index contributed by atoms with van der Waals surface area (Å²) < 4.78 is 8.76. The highest BCUT2D eigenvalue weighted by Gasteiger charge is 2.13. The number of ether oxygens (including phenoxy) is 1. The summed E-state index contributed by atoms with van der Waals surface area (Å²) >= 11 is 4.59. The second-order valence-electron chi connectivity index (χ2n) is 5.57. The fourth-order valence-electron chi connectivity index (χ4n) is 2.55. The molecule has 0 spiro atoms. The highest BCUT2D eigenvalue weighted by atomic mass is 79.9. The summed E-state index contributed by atoms with van der Waals surface area (Å²) in [5.41, 5.74) is 1.25. The lowest BCUT2D eigenvalue weighted by Crippen LogP contribution is -2.19. The Bertz CT molecular complexity index is 1070. The summed E-state index contributed by atoms with van der Waals surface area (Å²) in [6.45, 7) is 3.44. The minimum atomic E-state index is -0.437. The molecule has 0 unspecified atom stereocenters. The fraction of sp³-hybridized carbons (Fsp3) is 0.222. The van der Waals surface area contributed by atoms with Crippen molar-refractivity contribution in [1.82, 2.24) is 4.57 Å². The minimum Gasteiger partial charge on any atom is -0.380 e. The summed E-state index contributed by atoms with van der Waals surface area (Å²) in [5, 5.41) is 11.0. The molecule has 2 aromatic carbocycles. The van der Waals surface area contributed by atoms with Crippen LogP contribution >= 0.6 is 27.3 Å². The zero-order chi connectivity index (χ0) is 19.4. The lowest BCUT2D eigenvalue weighted by atomic mass is 10.2. The van der Waals surface area contributed by atoms with Gasteiger partial charge in [-0.3, -0.25) is 14.9 Å². The molecule has 3 aromatic rings. The average Bonchev–Trinajstić information content (AvgIpc) is 2.98. The molecule has 0 fully saturated rings. The molecule has 3 rings (SSSR count). The van der Waals surface area contributed by atoms with Crippen molar-refractivity contribution in [1.29, 1.82) is 0 Å². The maximum absolute atomic E-state index is 12.6. The summed E-state index contributed by atoms with van der Waals surface area (Å²) in [5.74, 6) is -0.373. The van der Waals surface area contributed by atoms with Crippen molar-refractivity contribution < 1.29 is 14.5 Å². The fourth-order valence-corrected chi connectivity index (χ4v) is 4.04. The van der Waals surface area contributed by atoms with Crippen molar-refractivity contribution in [2.45, 2.75) is 13.5 Å².